The maximum absolute atomic E-state index is 13.3. The van der Waals surface area contributed by atoms with Gasteiger partial charge in [0.2, 0.25) is 5.91 Å². The van der Waals surface area contributed by atoms with E-state index >= 15 is 0 Å². The molecular formula is C24H30Cl2N2O5. The summed E-state index contributed by atoms with van der Waals surface area (Å²) < 4.78 is 16.2. The molecule has 0 spiro atoms. The van der Waals surface area contributed by atoms with E-state index in [2.05, 4.69) is 5.32 Å². The fourth-order valence-electron chi connectivity index (χ4n) is 3.21. The molecule has 7 nitrogen and oxygen atoms in total. The van der Waals surface area contributed by atoms with Crippen molar-refractivity contribution < 1.29 is 23.8 Å². The van der Waals surface area contributed by atoms with E-state index in [4.69, 9.17) is 37.4 Å². The van der Waals surface area contributed by atoms with Crippen molar-refractivity contribution in [2.75, 3.05) is 27.4 Å². The zero-order valence-corrected chi connectivity index (χ0v) is 20.8. The number of methoxy groups -OCH3 is 2. The Balaban J connectivity index is 2.26. The molecule has 0 bridgehead atoms. The van der Waals surface area contributed by atoms with Gasteiger partial charge < -0.3 is 24.4 Å². The Morgan fingerprint density at radius 3 is 2.15 bits per heavy atom. The van der Waals surface area contributed by atoms with Gasteiger partial charge in [-0.15, -0.1) is 0 Å². The molecule has 2 amide bonds. The van der Waals surface area contributed by atoms with Crippen LogP contribution in [-0.2, 0) is 16.1 Å². The number of hydrogen-bond donors (Lipinski definition) is 1. The topological polar surface area (TPSA) is 77.1 Å². The summed E-state index contributed by atoms with van der Waals surface area (Å²) in [5, 5.41) is 3.67. The number of rotatable bonds is 12. The average molecular weight is 497 g/mol. The molecule has 2 aromatic rings. The lowest BCUT2D eigenvalue weighted by Gasteiger charge is -2.30. The van der Waals surface area contributed by atoms with Gasteiger partial charge in [0.1, 0.15) is 23.3 Å². The SMILES string of the molecule is CCCNC(=O)[C@H](CC)N(Cc1ccc(Cl)c(Cl)c1)C(=O)COc1cc(OC)cc(OC)c1. The molecule has 0 saturated heterocycles. The van der Waals surface area contributed by atoms with Crippen molar-refractivity contribution in [1.82, 2.24) is 10.2 Å². The van der Waals surface area contributed by atoms with Crippen LogP contribution in [0, 0.1) is 0 Å². The predicted octanol–water partition coefficient (Wildman–Crippen LogP) is 4.72. The zero-order valence-electron chi connectivity index (χ0n) is 19.3. The second kappa shape index (κ2) is 13.2. The van der Waals surface area contributed by atoms with Crippen molar-refractivity contribution in [2.24, 2.45) is 0 Å². The second-order valence-electron chi connectivity index (χ2n) is 7.32. The van der Waals surface area contributed by atoms with Gasteiger partial charge in [-0.2, -0.15) is 0 Å². The van der Waals surface area contributed by atoms with Gasteiger partial charge in [-0.3, -0.25) is 9.59 Å². The molecule has 0 heterocycles. The number of amides is 2. The summed E-state index contributed by atoms with van der Waals surface area (Å²) >= 11 is 12.2. The summed E-state index contributed by atoms with van der Waals surface area (Å²) in [5.41, 5.74) is 0.752. The number of ether oxygens (including phenoxy) is 3. The van der Waals surface area contributed by atoms with E-state index in [1.165, 1.54) is 19.1 Å². The number of carbonyl (C=O) groups is 2. The van der Waals surface area contributed by atoms with Crippen LogP contribution < -0.4 is 19.5 Å². The third-order valence-electron chi connectivity index (χ3n) is 4.96. The molecule has 9 heteroatoms. The number of benzene rings is 2. The minimum atomic E-state index is -0.665. The van der Waals surface area contributed by atoms with E-state index in [-0.39, 0.29) is 25.0 Å². The van der Waals surface area contributed by atoms with E-state index in [9.17, 15) is 9.59 Å². The summed E-state index contributed by atoms with van der Waals surface area (Å²) in [6.45, 7) is 4.27. The normalized spacial score (nSPS) is 11.5. The molecule has 0 aliphatic heterocycles. The van der Waals surface area contributed by atoms with Crippen LogP contribution in [0.3, 0.4) is 0 Å². The molecule has 2 rings (SSSR count). The first-order chi connectivity index (χ1) is 15.8. The summed E-state index contributed by atoms with van der Waals surface area (Å²) in [5.74, 6) is 0.930. The lowest BCUT2D eigenvalue weighted by atomic mass is 10.1. The molecule has 33 heavy (non-hydrogen) atoms. The van der Waals surface area contributed by atoms with Crippen LogP contribution in [0.5, 0.6) is 17.2 Å². The molecule has 0 radical (unpaired) electrons. The summed E-state index contributed by atoms with van der Waals surface area (Å²) in [4.78, 5) is 27.6. The average Bonchev–Trinajstić information content (AvgIpc) is 2.82. The van der Waals surface area contributed by atoms with Gasteiger partial charge in [-0.05, 0) is 30.5 Å². The van der Waals surface area contributed by atoms with Crippen LogP contribution in [0.25, 0.3) is 0 Å². The van der Waals surface area contributed by atoms with Crippen LogP contribution in [-0.4, -0.2) is 50.1 Å². The molecule has 0 fully saturated rings. The fourth-order valence-corrected chi connectivity index (χ4v) is 3.53. The smallest absolute Gasteiger partial charge is 0.261 e. The van der Waals surface area contributed by atoms with Crippen molar-refractivity contribution in [3.8, 4) is 17.2 Å². The Hall–Kier alpha value is -2.64. The van der Waals surface area contributed by atoms with Gasteiger partial charge in [0.05, 0.1) is 24.3 Å². The Morgan fingerprint density at radius 2 is 1.61 bits per heavy atom. The Bertz CT molecular complexity index is 932. The molecule has 0 unspecified atom stereocenters. The van der Waals surface area contributed by atoms with Gasteiger partial charge >= 0.3 is 0 Å². The zero-order chi connectivity index (χ0) is 24.4. The van der Waals surface area contributed by atoms with Gasteiger partial charge in [0.25, 0.3) is 5.91 Å². The lowest BCUT2D eigenvalue weighted by molar-refractivity contribution is -0.143. The highest BCUT2D eigenvalue weighted by Crippen LogP contribution is 2.28. The number of hydrogen-bond acceptors (Lipinski definition) is 5. The number of nitrogens with zero attached hydrogens (tertiary/aromatic N) is 1. The lowest BCUT2D eigenvalue weighted by Crippen LogP contribution is -2.50. The van der Waals surface area contributed by atoms with E-state index in [0.29, 0.717) is 40.3 Å². The van der Waals surface area contributed by atoms with Gasteiger partial charge in [-0.25, -0.2) is 0 Å². The van der Waals surface area contributed by atoms with Gasteiger partial charge in [-0.1, -0.05) is 43.1 Å². The number of halogens is 2. The maximum atomic E-state index is 13.3. The van der Waals surface area contributed by atoms with E-state index in [1.807, 2.05) is 13.8 Å². The molecule has 0 aliphatic carbocycles. The largest absolute Gasteiger partial charge is 0.496 e. The first-order valence-corrected chi connectivity index (χ1v) is 11.4. The standard InChI is InChI=1S/C24H30Cl2N2O5/c1-5-9-27-24(30)22(6-2)28(14-16-7-8-20(25)21(26)10-16)23(29)15-33-19-12-17(31-3)11-18(13-19)32-4/h7-8,10-13,22H,5-6,9,14-15H2,1-4H3,(H,27,30)/t22-/m0/s1. The molecule has 0 aromatic heterocycles. The van der Waals surface area contributed by atoms with Crippen molar-refractivity contribution in [3.05, 3.63) is 52.0 Å². The van der Waals surface area contributed by atoms with Crippen LogP contribution in [0.4, 0.5) is 0 Å². The molecule has 0 saturated carbocycles. The summed E-state index contributed by atoms with van der Waals surface area (Å²) in [6.07, 6.45) is 1.24. The van der Waals surface area contributed by atoms with Crippen LogP contribution in [0.15, 0.2) is 36.4 Å². The minimum absolute atomic E-state index is 0.179. The number of carbonyl (C=O) groups excluding carboxylic acids is 2. The highest BCUT2D eigenvalue weighted by atomic mass is 35.5. The Labute approximate surface area is 204 Å². The highest BCUT2D eigenvalue weighted by Gasteiger charge is 2.29. The third kappa shape index (κ3) is 7.72. The second-order valence-corrected chi connectivity index (χ2v) is 8.14. The first-order valence-electron chi connectivity index (χ1n) is 10.7. The minimum Gasteiger partial charge on any atom is -0.496 e. The molecule has 0 aliphatic rings. The van der Waals surface area contributed by atoms with Crippen LogP contribution >= 0.6 is 23.2 Å². The van der Waals surface area contributed by atoms with Gasteiger partial charge in [0.15, 0.2) is 6.61 Å². The fraction of sp³-hybridized carbons (Fsp3) is 0.417. The predicted molar refractivity (Wildman–Crippen MR) is 129 cm³/mol. The summed E-state index contributed by atoms with van der Waals surface area (Å²) in [6, 6.07) is 9.49. The van der Waals surface area contributed by atoms with Crippen molar-refractivity contribution >= 4 is 35.0 Å². The van der Waals surface area contributed by atoms with Crippen LogP contribution in [0.2, 0.25) is 10.0 Å². The molecule has 1 atom stereocenters. The summed E-state index contributed by atoms with van der Waals surface area (Å²) in [7, 11) is 3.06. The van der Waals surface area contributed by atoms with Gasteiger partial charge in [0, 0.05) is 31.3 Å². The third-order valence-corrected chi connectivity index (χ3v) is 5.70. The molecule has 180 valence electrons. The number of nitrogens with one attached hydrogen (secondary N) is 1. The monoisotopic (exact) mass is 496 g/mol. The maximum Gasteiger partial charge on any atom is 0.261 e. The van der Waals surface area contributed by atoms with E-state index in [0.717, 1.165) is 12.0 Å². The highest BCUT2D eigenvalue weighted by molar-refractivity contribution is 6.42. The molecular weight excluding hydrogens is 467 g/mol. The van der Waals surface area contributed by atoms with Crippen molar-refractivity contribution in [2.45, 2.75) is 39.3 Å². The molecule has 1 N–H and O–H groups in total. The van der Waals surface area contributed by atoms with Crippen LogP contribution in [0.1, 0.15) is 32.3 Å². The van der Waals surface area contributed by atoms with Crippen molar-refractivity contribution in [1.29, 1.82) is 0 Å². The van der Waals surface area contributed by atoms with E-state index < -0.39 is 6.04 Å². The van der Waals surface area contributed by atoms with E-state index in [1.54, 1.807) is 36.4 Å². The Morgan fingerprint density at radius 1 is 0.970 bits per heavy atom. The quantitative estimate of drug-likeness (QED) is 0.459. The van der Waals surface area contributed by atoms with Crippen molar-refractivity contribution in [3.63, 3.8) is 0 Å². The first kappa shape index (κ1) is 26.6. The Kier molecular flexibility index (Phi) is 10.6. The molecule has 2 aromatic carbocycles.